The molecule has 0 radical (unpaired) electrons. The van der Waals surface area contributed by atoms with Gasteiger partial charge >= 0.3 is 0 Å². The Morgan fingerprint density at radius 3 is 2.61 bits per heavy atom. The molecule has 0 fully saturated rings. The Labute approximate surface area is 181 Å². The van der Waals surface area contributed by atoms with Crippen LogP contribution in [0.2, 0.25) is 0 Å². The van der Waals surface area contributed by atoms with Crippen LogP contribution in [0.25, 0.3) is 33.4 Å². The number of pyridine rings is 1. The number of nitrogens with one attached hydrogen (secondary N) is 2. The van der Waals surface area contributed by atoms with Gasteiger partial charge in [-0.15, -0.1) is 0 Å². The van der Waals surface area contributed by atoms with E-state index in [1.807, 2.05) is 67.5 Å². The van der Waals surface area contributed by atoms with Gasteiger partial charge in [0.15, 0.2) is 5.65 Å². The Morgan fingerprint density at radius 2 is 1.87 bits per heavy atom. The number of aromatic nitrogens is 3. The third kappa shape index (κ3) is 4.41. The topological polar surface area (TPSA) is 83.1 Å². The minimum Gasteiger partial charge on any atom is -0.496 e. The molecule has 7 nitrogen and oxygen atoms in total. The molecular weight excluding hydrogens is 390 g/mol. The molecule has 2 aromatic carbocycles. The summed E-state index contributed by atoms with van der Waals surface area (Å²) in [6, 6.07) is 17.4. The number of rotatable bonds is 7. The number of nitrogens with zero attached hydrogens (tertiary/aromatic N) is 3. The van der Waals surface area contributed by atoms with Crippen molar-refractivity contribution in [3.8, 4) is 28.1 Å². The molecule has 0 saturated heterocycles. The summed E-state index contributed by atoms with van der Waals surface area (Å²) in [5.41, 5.74) is 4.99. The quantitative estimate of drug-likeness (QED) is 0.482. The van der Waals surface area contributed by atoms with E-state index in [1.54, 1.807) is 13.3 Å². The molecule has 31 heavy (non-hydrogen) atoms. The van der Waals surface area contributed by atoms with Gasteiger partial charge in [0.1, 0.15) is 5.75 Å². The van der Waals surface area contributed by atoms with Gasteiger partial charge in [0.25, 0.3) is 5.91 Å². The van der Waals surface area contributed by atoms with Crippen molar-refractivity contribution < 1.29 is 9.53 Å². The van der Waals surface area contributed by atoms with E-state index in [9.17, 15) is 4.79 Å². The number of ether oxygens (including phenoxy) is 1. The lowest BCUT2D eigenvalue weighted by atomic mass is 10.0. The Hall–Kier alpha value is -3.71. The van der Waals surface area contributed by atoms with Crippen LogP contribution in [-0.2, 0) is 0 Å². The molecule has 0 aliphatic rings. The van der Waals surface area contributed by atoms with Crippen molar-refractivity contribution in [2.75, 3.05) is 34.3 Å². The molecule has 0 spiro atoms. The number of aromatic amines is 1. The second-order valence-electron chi connectivity index (χ2n) is 7.53. The first-order chi connectivity index (χ1) is 15.1. The lowest BCUT2D eigenvalue weighted by molar-refractivity contribution is 0.0951. The third-order valence-corrected chi connectivity index (χ3v) is 5.11. The highest BCUT2D eigenvalue weighted by atomic mass is 16.5. The number of hydrogen-bond acceptors (Lipinski definition) is 5. The molecule has 7 heteroatoms. The number of benzene rings is 2. The number of carbonyl (C=O) groups is 1. The highest BCUT2D eigenvalue weighted by molar-refractivity contribution is 5.96. The van der Waals surface area contributed by atoms with Crippen LogP contribution in [0.15, 0.2) is 60.8 Å². The van der Waals surface area contributed by atoms with Gasteiger partial charge in [-0.3, -0.25) is 9.89 Å². The van der Waals surface area contributed by atoms with Crippen LogP contribution in [0.4, 0.5) is 0 Å². The molecule has 0 bridgehead atoms. The van der Waals surface area contributed by atoms with Crippen LogP contribution in [-0.4, -0.2) is 60.3 Å². The van der Waals surface area contributed by atoms with E-state index in [0.717, 1.165) is 40.1 Å². The summed E-state index contributed by atoms with van der Waals surface area (Å²) in [4.78, 5) is 18.8. The van der Waals surface area contributed by atoms with Crippen molar-refractivity contribution in [3.63, 3.8) is 0 Å². The predicted molar refractivity (Wildman–Crippen MR) is 122 cm³/mol. The van der Waals surface area contributed by atoms with Gasteiger partial charge in [-0.2, -0.15) is 5.10 Å². The molecule has 2 N–H and O–H groups in total. The third-order valence-electron chi connectivity index (χ3n) is 5.11. The van der Waals surface area contributed by atoms with Gasteiger partial charge in [-0.25, -0.2) is 4.98 Å². The number of methoxy groups -OCH3 is 1. The Bertz CT molecular complexity index is 1200. The fourth-order valence-corrected chi connectivity index (χ4v) is 3.42. The van der Waals surface area contributed by atoms with Crippen molar-refractivity contribution in [1.29, 1.82) is 0 Å². The van der Waals surface area contributed by atoms with E-state index in [2.05, 4.69) is 26.6 Å². The lowest BCUT2D eigenvalue weighted by Gasteiger charge is -2.10. The summed E-state index contributed by atoms with van der Waals surface area (Å²) < 4.78 is 5.50. The molecule has 0 unspecified atom stereocenters. The first-order valence-corrected chi connectivity index (χ1v) is 10.1. The van der Waals surface area contributed by atoms with Gasteiger partial charge in [0, 0.05) is 41.4 Å². The molecule has 0 saturated carbocycles. The van der Waals surface area contributed by atoms with Crippen molar-refractivity contribution in [2.24, 2.45) is 0 Å². The van der Waals surface area contributed by atoms with Crippen molar-refractivity contribution in [2.45, 2.75) is 0 Å². The van der Waals surface area contributed by atoms with Crippen molar-refractivity contribution in [3.05, 3.63) is 66.4 Å². The normalized spacial score (nSPS) is 11.1. The number of carbonyl (C=O) groups excluding carboxylic acids is 1. The number of H-pyrrole nitrogens is 1. The van der Waals surface area contributed by atoms with Crippen molar-refractivity contribution in [1.82, 2.24) is 25.4 Å². The number of para-hydroxylation sites is 1. The molecule has 2 aromatic heterocycles. The average molecular weight is 415 g/mol. The van der Waals surface area contributed by atoms with E-state index >= 15 is 0 Å². The summed E-state index contributed by atoms with van der Waals surface area (Å²) >= 11 is 0. The second-order valence-corrected chi connectivity index (χ2v) is 7.53. The summed E-state index contributed by atoms with van der Waals surface area (Å²) in [7, 11) is 5.61. The second kappa shape index (κ2) is 8.97. The largest absolute Gasteiger partial charge is 0.496 e. The first-order valence-electron chi connectivity index (χ1n) is 10.1. The Kier molecular flexibility index (Phi) is 5.95. The zero-order valence-electron chi connectivity index (χ0n) is 17.8. The van der Waals surface area contributed by atoms with E-state index in [4.69, 9.17) is 4.74 Å². The van der Waals surface area contributed by atoms with Gasteiger partial charge in [0.05, 0.1) is 12.8 Å². The zero-order valence-corrected chi connectivity index (χ0v) is 17.8. The minimum atomic E-state index is -0.0738. The van der Waals surface area contributed by atoms with Crippen LogP contribution < -0.4 is 10.1 Å². The highest BCUT2D eigenvalue weighted by Crippen LogP contribution is 2.34. The standard InChI is InChI=1S/C24H25N5O2/c1-29(2)13-12-25-24(30)17-10-8-16(9-11-17)18-14-20-22(27-28-23(20)26-15-18)19-6-4-5-7-21(19)31-3/h4-11,14-15H,12-13H2,1-3H3,(H,25,30)(H,26,27,28). The molecule has 0 aliphatic heterocycles. The van der Waals surface area contributed by atoms with Gasteiger partial charge in [-0.05, 0) is 50.0 Å². The summed E-state index contributed by atoms with van der Waals surface area (Å²) in [5.74, 6) is 0.693. The molecule has 2 heterocycles. The first kappa shape index (κ1) is 20.6. The maximum absolute atomic E-state index is 12.3. The summed E-state index contributed by atoms with van der Waals surface area (Å²) in [5, 5.41) is 11.3. The van der Waals surface area contributed by atoms with Crippen LogP contribution in [0.1, 0.15) is 10.4 Å². The number of fused-ring (bicyclic) bond motifs is 1. The Balaban J connectivity index is 1.61. The fraction of sp³-hybridized carbons (Fsp3) is 0.208. The van der Waals surface area contributed by atoms with Crippen LogP contribution in [0, 0.1) is 0 Å². The van der Waals surface area contributed by atoms with Gasteiger partial charge < -0.3 is 15.0 Å². The molecular formula is C24H25N5O2. The maximum Gasteiger partial charge on any atom is 0.251 e. The average Bonchev–Trinajstić information content (AvgIpc) is 3.22. The van der Waals surface area contributed by atoms with Crippen molar-refractivity contribution >= 4 is 16.9 Å². The van der Waals surface area contributed by atoms with Gasteiger partial charge in [0.2, 0.25) is 0 Å². The molecule has 4 rings (SSSR count). The number of likely N-dealkylation sites (N-methyl/N-ethyl adjacent to an activating group) is 1. The van der Waals surface area contributed by atoms with Crippen LogP contribution in [0.5, 0.6) is 5.75 Å². The number of amides is 1. The van der Waals surface area contributed by atoms with E-state index in [-0.39, 0.29) is 5.91 Å². The highest BCUT2D eigenvalue weighted by Gasteiger charge is 2.14. The van der Waals surface area contributed by atoms with E-state index in [0.29, 0.717) is 17.8 Å². The molecule has 0 atom stereocenters. The summed E-state index contributed by atoms with van der Waals surface area (Å²) in [6.45, 7) is 1.41. The monoisotopic (exact) mass is 415 g/mol. The molecule has 0 aliphatic carbocycles. The fourth-order valence-electron chi connectivity index (χ4n) is 3.42. The lowest BCUT2D eigenvalue weighted by Crippen LogP contribution is -2.31. The summed E-state index contributed by atoms with van der Waals surface area (Å²) in [6.07, 6.45) is 1.79. The SMILES string of the molecule is COc1ccccc1-c1[nH]nc2ncc(-c3ccc(C(=O)NCCN(C)C)cc3)cc12. The van der Waals surface area contributed by atoms with Crippen LogP contribution in [0.3, 0.4) is 0 Å². The smallest absolute Gasteiger partial charge is 0.251 e. The van der Waals surface area contributed by atoms with E-state index in [1.165, 1.54) is 0 Å². The zero-order chi connectivity index (χ0) is 21.8. The molecule has 1 amide bonds. The predicted octanol–water partition coefficient (Wildman–Crippen LogP) is 3.59. The Morgan fingerprint density at radius 1 is 1.10 bits per heavy atom. The van der Waals surface area contributed by atoms with Gasteiger partial charge in [-0.1, -0.05) is 24.3 Å². The van der Waals surface area contributed by atoms with E-state index < -0.39 is 0 Å². The van der Waals surface area contributed by atoms with Crippen LogP contribution >= 0.6 is 0 Å². The minimum absolute atomic E-state index is 0.0738. The molecule has 158 valence electrons. The molecule has 4 aromatic rings. The number of hydrogen-bond donors (Lipinski definition) is 2. The maximum atomic E-state index is 12.3.